The molecule has 1 fully saturated rings. The van der Waals surface area contributed by atoms with Crippen LogP contribution in [-0.2, 0) is 4.79 Å². The number of nitro benzene ring substituents is 1. The van der Waals surface area contributed by atoms with E-state index in [1.54, 1.807) is 24.4 Å². The molecule has 1 aliphatic rings. The van der Waals surface area contributed by atoms with Gasteiger partial charge in [-0.25, -0.2) is 4.98 Å². The summed E-state index contributed by atoms with van der Waals surface area (Å²) in [7, 11) is 0. The zero-order valence-electron chi connectivity index (χ0n) is 14.3. The molecule has 1 aromatic carbocycles. The topological polar surface area (TPSA) is 105 Å². The van der Waals surface area contributed by atoms with Crippen molar-refractivity contribution in [1.82, 2.24) is 9.88 Å². The number of aromatic nitrogens is 1. The minimum absolute atomic E-state index is 0.000729. The van der Waals surface area contributed by atoms with Crippen molar-refractivity contribution >= 4 is 34.9 Å². The monoisotopic (exact) mass is 388 g/mol. The minimum atomic E-state index is -0.619. The van der Waals surface area contributed by atoms with E-state index < -0.39 is 10.8 Å². The number of pyridine rings is 1. The minimum Gasteiger partial charge on any atom is -0.338 e. The van der Waals surface area contributed by atoms with E-state index in [9.17, 15) is 19.7 Å². The van der Waals surface area contributed by atoms with Crippen LogP contribution < -0.4 is 5.32 Å². The summed E-state index contributed by atoms with van der Waals surface area (Å²) >= 11 is 5.79. The van der Waals surface area contributed by atoms with Crippen LogP contribution in [0.3, 0.4) is 0 Å². The number of anilines is 1. The van der Waals surface area contributed by atoms with Gasteiger partial charge in [-0.1, -0.05) is 17.7 Å². The molecule has 1 saturated heterocycles. The molecule has 0 bridgehead atoms. The van der Waals surface area contributed by atoms with E-state index in [0.29, 0.717) is 31.7 Å². The average molecular weight is 389 g/mol. The number of hydrogen-bond donors (Lipinski definition) is 1. The number of amides is 2. The van der Waals surface area contributed by atoms with Crippen molar-refractivity contribution in [2.75, 3.05) is 18.4 Å². The molecule has 0 atom stereocenters. The molecule has 0 spiro atoms. The first-order valence-electron chi connectivity index (χ1n) is 8.41. The second-order valence-corrected chi connectivity index (χ2v) is 6.63. The molecule has 2 heterocycles. The Kier molecular flexibility index (Phi) is 5.66. The van der Waals surface area contributed by atoms with E-state index in [2.05, 4.69) is 10.3 Å². The van der Waals surface area contributed by atoms with Gasteiger partial charge in [0, 0.05) is 36.3 Å². The van der Waals surface area contributed by atoms with Gasteiger partial charge in [0.1, 0.15) is 11.4 Å². The summed E-state index contributed by atoms with van der Waals surface area (Å²) in [4.78, 5) is 41.2. The summed E-state index contributed by atoms with van der Waals surface area (Å²) in [6, 6.07) is 9.23. The number of nitrogens with zero attached hydrogens (tertiary/aromatic N) is 3. The molecule has 2 aromatic rings. The number of carbonyl (C=O) groups is 2. The van der Waals surface area contributed by atoms with Crippen molar-refractivity contribution in [3.8, 4) is 0 Å². The number of nitro groups is 1. The van der Waals surface area contributed by atoms with Crippen LogP contribution in [0.1, 0.15) is 23.2 Å². The molecule has 2 amide bonds. The van der Waals surface area contributed by atoms with Crippen LogP contribution >= 0.6 is 11.6 Å². The lowest BCUT2D eigenvalue weighted by atomic mass is 9.95. The Balaban J connectivity index is 1.63. The molecule has 0 unspecified atom stereocenters. The predicted octanol–water partition coefficient (Wildman–Crippen LogP) is 3.13. The Bertz CT molecular complexity index is 867. The molecule has 140 valence electrons. The number of hydrogen-bond acceptors (Lipinski definition) is 5. The summed E-state index contributed by atoms with van der Waals surface area (Å²) in [5, 5.41) is 14.2. The number of carbonyl (C=O) groups excluding carboxylic acids is 2. The second kappa shape index (κ2) is 8.13. The Morgan fingerprint density at radius 2 is 1.96 bits per heavy atom. The third-order valence-electron chi connectivity index (χ3n) is 4.46. The highest BCUT2D eigenvalue weighted by Gasteiger charge is 2.31. The maximum atomic E-state index is 12.7. The largest absolute Gasteiger partial charge is 0.338 e. The van der Waals surface area contributed by atoms with Gasteiger partial charge >= 0.3 is 0 Å². The van der Waals surface area contributed by atoms with Crippen LogP contribution in [0.2, 0.25) is 5.02 Å². The molecule has 3 rings (SSSR count). The van der Waals surface area contributed by atoms with E-state index in [1.165, 1.54) is 23.1 Å². The lowest BCUT2D eigenvalue weighted by Gasteiger charge is -2.31. The quantitative estimate of drug-likeness (QED) is 0.639. The Labute approximate surface area is 160 Å². The Morgan fingerprint density at radius 1 is 1.22 bits per heavy atom. The molecule has 8 nitrogen and oxygen atoms in total. The average Bonchev–Trinajstić information content (AvgIpc) is 2.68. The summed E-state index contributed by atoms with van der Waals surface area (Å²) in [6.45, 7) is 0.692. The maximum Gasteiger partial charge on any atom is 0.283 e. The summed E-state index contributed by atoms with van der Waals surface area (Å²) in [6.07, 6.45) is 2.55. The SMILES string of the molecule is O=C(Nc1ccccn1)C1CCN(C(=O)c2ccc(Cl)cc2[N+](=O)[O-])CC1. The van der Waals surface area contributed by atoms with Crippen molar-refractivity contribution in [3.63, 3.8) is 0 Å². The standard InChI is InChI=1S/C18H17ClN4O4/c19-13-4-5-14(15(11-13)23(26)27)18(25)22-9-6-12(7-10-22)17(24)21-16-3-1-2-8-20-16/h1-5,8,11-12H,6-7,9-10H2,(H,20,21,24). The van der Waals surface area contributed by atoms with Gasteiger partial charge in [-0.3, -0.25) is 19.7 Å². The highest BCUT2D eigenvalue weighted by molar-refractivity contribution is 6.31. The number of halogens is 1. The molecule has 0 aliphatic carbocycles. The van der Waals surface area contributed by atoms with Gasteiger partial charge in [-0.15, -0.1) is 0 Å². The van der Waals surface area contributed by atoms with Crippen molar-refractivity contribution < 1.29 is 14.5 Å². The first-order chi connectivity index (χ1) is 13.0. The zero-order chi connectivity index (χ0) is 19.4. The van der Waals surface area contributed by atoms with Crippen LogP contribution in [0.25, 0.3) is 0 Å². The number of rotatable bonds is 4. The molecular weight excluding hydrogens is 372 g/mol. The summed E-state index contributed by atoms with van der Waals surface area (Å²) < 4.78 is 0. The zero-order valence-corrected chi connectivity index (χ0v) is 15.1. The molecular formula is C18H17ClN4O4. The normalized spacial score (nSPS) is 14.6. The van der Waals surface area contributed by atoms with E-state index in [-0.39, 0.29) is 28.1 Å². The molecule has 0 radical (unpaired) electrons. The van der Waals surface area contributed by atoms with Gasteiger partial charge in [0.2, 0.25) is 5.91 Å². The number of nitrogens with one attached hydrogen (secondary N) is 1. The predicted molar refractivity (Wildman–Crippen MR) is 99.6 cm³/mol. The second-order valence-electron chi connectivity index (χ2n) is 6.19. The summed E-state index contributed by atoms with van der Waals surface area (Å²) in [5.74, 6) is -0.325. The van der Waals surface area contributed by atoms with Crippen LogP contribution in [0.5, 0.6) is 0 Å². The maximum absolute atomic E-state index is 12.7. The first-order valence-corrected chi connectivity index (χ1v) is 8.78. The smallest absolute Gasteiger partial charge is 0.283 e. The van der Waals surface area contributed by atoms with Crippen molar-refractivity contribution in [2.45, 2.75) is 12.8 Å². The number of likely N-dealkylation sites (tertiary alicyclic amines) is 1. The molecule has 27 heavy (non-hydrogen) atoms. The van der Waals surface area contributed by atoms with E-state index in [1.807, 2.05) is 0 Å². The molecule has 0 saturated carbocycles. The first kappa shape index (κ1) is 18.8. The van der Waals surface area contributed by atoms with Gasteiger partial charge in [-0.05, 0) is 37.1 Å². The highest BCUT2D eigenvalue weighted by atomic mass is 35.5. The third kappa shape index (κ3) is 4.40. The fourth-order valence-electron chi connectivity index (χ4n) is 3.02. The fourth-order valence-corrected chi connectivity index (χ4v) is 3.18. The highest BCUT2D eigenvalue weighted by Crippen LogP contribution is 2.27. The Hall–Kier alpha value is -3.00. The molecule has 1 aromatic heterocycles. The van der Waals surface area contributed by atoms with E-state index in [4.69, 9.17) is 11.6 Å². The number of benzene rings is 1. The third-order valence-corrected chi connectivity index (χ3v) is 4.69. The van der Waals surface area contributed by atoms with Crippen LogP contribution in [0.15, 0.2) is 42.6 Å². The van der Waals surface area contributed by atoms with Crippen LogP contribution in [-0.4, -0.2) is 39.7 Å². The molecule has 1 N–H and O–H groups in total. The molecule has 9 heteroatoms. The van der Waals surface area contributed by atoms with Gasteiger partial charge < -0.3 is 10.2 Å². The van der Waals surface area contributed by atoms with Crippen LogP contribution in [0.4, 0.5) is 11.5 Å². The van der Waals surface area contributed by atoms with Crippen molar-refractivity contribution in [2.24, 2.45) is 5.92 Å². The number of piperidine rings is 1. The molecule has 1 aliphatic heterocycles. The van der Waals surface area contributed by atoms with E-state index in [0.717, 1.165) is 0 Å². The van der Waals surface area contributed by atoms with Gasteiger partial charge in [0.15, 0.2) is 0 Å². The fraction of sp³-hybridized carbons (Fsp3) is 0.278. The van der Waals surface area contributed by atoms with Gasteiger partial charge in [-0.2, -0.15) is 0 Å². The van der Waals surface area contributed by atoms with Gasteiger partial charge in [0.05, 0.1) is 4.92 Å². The Morgan fingerprint density at radius 3 is 2.59 bits per heavy atom. The lowest BCUT2D eigenvalue weighted by Crippen LogP contribution is -2.41. The van der Waals surface area contributed by atoms with Crippen molar-refractivity contribution in [1.29, 1.82) is 0 Å². The van der Waals surface area contributed by atoms with Gasteiger partial charge in [0.25, 0.3) is 11.6 Å². The summed E-state index contributed by atoms with van der Waals surface area (Å²) in [5.41, 5.74) is -0.316. The van der Waals surface area contributed by atoms with Crippen LogP contribution in [0, 0.1) is 16.0 Å². The van der Waals surface area contributed by atoms with E-state index >= 15 is 0 Å². The lowest BCUT2D eigenvalue weighted by molar-refractivity contribution is -0.385. The van der Waals surface area contributed by atoms with Crippen molar-refractivity contribution in [3.05, 3.63) is 63.3 Å².